The van der Waals surface area contributed by atoms with Crippen LogP contribution in [0.25, 0.3) is 0 Å². The first-order valence-electron chi connectivity index (χ1n) is 10.1. The van der Waals surface area contributed by atoms with Gasteiger partial charge in [-0.25, -0.2) is 9.67 Å². The first kappa shape index (κ1) is 22.7. The fourth-order valence-corrected chi connectivity index (χ4v) is 3.68. The van der Waals surface area contributed by atoms with E-state index in [4.69, 9.17) is 17.0 Å². The second-order valence-corrected chi connectivity index (χ2v) is 7.91. The van der Waals surface area contributed by atoms with E-state index in [-0.39, 0.29) is 24.7 Å². The molecular weight excluding hydrogens is 455 g/mol. The Balaban J connectivity index is 1.55. The van der Waals surface area contributed by atoms with Crippen LogP contribution in [0, 0.1) is 0 Å². The van der Waals surface area contributed by atoms with Gasteiger partial charge in [-0.2, -0.15) is 13.2 Å². The number of nitrogens with zero attached hydrogens (tertiary/aromatic N) is 4. The molecule has 0 radical (unpaired) electrons. The number of halogens is 3. The van der Waals surface area contributed by atoms with Crippen LogP contribution in [-0.4, -0.2) is 51.5 Å². The van der Waals surface area contributed by atoms with Gasteiger partial charge in [0, 0.05) is 13.5 Å². The largest absolute Gasteiger partial charge is 0.489 e. The summed E-state index contributed by atoms with van der Waals surface area (Å²) >= 11 is 5.51. The highest BCUT2D eigenvalue weighted by atomic mass is 32.1. The molecule has 7 nitrogen and oxygen atoms in total. The third-order valence-corrected chi connectivity index (χ3v) is 5.61. The van der Waals surface area contributed by atoms with Crippen molar-refractivity contribution in [1.82, 2.24) is 20.1 Å². The Kier molecular flexibility index (Phi) is 6.32. The van der Waals surface area contributed by atoms with Crippen molar-refractivity contribution >= 4 is 28.8 Å². The molecule has 1 atom stereocenters. The monoisotopic (exact) mass is 475 g/mol. The molecule has 11 heteroatoms. The standard InChI is InChI=1S/C22H20F3N5O2S/c1-29-16-9-5-6-10-17(16)32-12-15(21(29)33)26-20(31)19-27-18(11-14-7-3-2-4-8-14)30(28-19)13-22(23,24)25/h2-10,15H,11-13H2,1H3,(H,26,31)/t15-/m0/s1. The molecule has 1 aromatic heterocycles. The summed E-state index contributed by atoms with van der Waals surface area (Å²) in [7, 11) is 1.75. The Morgan fingerprint density at radius 1 is 1.18 bits per heavy atom. The molecule has 2 aromatic carbocycles. The molecule has 0 saturated heterocycles. The van der Waals surface area contributed by atoms with Crippen LogP contribution >= 0.6 is 12.2 Å². The number of benzene rings is 2. The summed E-state index contributed by atoms with van der Waals surface area (Å²) < 4.78 is 45.7. The van der Waals surface area contributed by atoms with Gasteiger partial charge in [-0.3, -0.25) is 4.79 Å². The van der Waals surface area contributed by atoms with Crippen LogP contribution in [-0.2, 0) is 13.0 Å². The molecule has 0 saturated carbocycles. The lowest BCUT2D eigenvalue weighted by atomic mass is 10.1. The zero-order chi connectivity index (χ0) is 23.6. The van der Waals surface area contributed by atoms with Gasteiger partial charge >= 0.3 is 6.18 Å². The molecule has 1 N–H and O–H groups in total. The Morgan fingerprint density at radius 3 is 2.61 bits per heavy atom. The van der Waals surface area contributed by atoms with E-state index in [9.17, 15) is 18.0 Å². The zero-order valence-corrected chi connectivity index (χ0v) is 18.4. The van der Waals surface area contributed by atoms with Crippen molar-refractivity contribution in [1.29, 1.82) is 0 Å². The minimum atomic E-state index is -4.52. The molecule has 0 unspecified atom stereocenters. The van der Waals surface area contributed by atoms with Gasteiger partial charge in [0.2, 0.25) is 5.82 Å². The van der Waals surface area contributed by atoms with E-state index >= 15 is 0 Å². The Morgan fingerprint density at radius 2 is 1.88 bits per heavy atom. The van der Waals surface area contributed by atoms with Crippen LogP contribution in [0.1, 0.15) is 22.0 Å². The van der Waals surface area contributed by atoms with E-state index in [0.29, 0.717) is 15.4 Å². The maximum atomic E-state index is 13.1. The van der Waals surface area contributed by atoms with E-state index in [1.54, 1.807) is 48.3 Å². The normalized spacial score (nSPS) is 16.1. The summed E-state index contributed by atoms with van der Waals surface area (Å²) in [6.45, 7) is -1.29. The summed E-state index contributed by atoms with van der Waals surface area (Å²) in [4.78, 5) is 19.1. The van der Waals surface area contributed by atoms with Gasteiger partial charge in [0.15, 0.2) is 0 Å². The molecule has 172 valence electrons. The van der Waals surface area contributed by atoms with Crippen molar-refractivity contribution in [3.05, 3.63) is 71.8 Å². The van der Waals surface area contributed by atoms with E-state index in [0.717, 1.165) is 11.3 Å². The number of anilines is 1. The van der Waals surface area contributed by atoms with Crippen LogP contribution in [0.2, 0.25) is 0 Å². The average Bonchev–Trinajstić information content (AvgIpc) is 3.12. The smallest absolute Gasteiger partial charge is 0.408 e. The Bertz CT molecular complexity index is 1170. The molecule has 2 heterocycles. The highest BCUT2D eigenvalue weighted by Crippen LogP contribution is 2.30. The maximum Gasteiger partial charge on any atom is 0.408 e. The number of likely N-dealkylation sites (N-methyl/N-ethyl adjacent to an activating group) is 1. The van der Waals surface area contributed by atoms with Gasteiger partial charge in [-0.05, 0) is 17.7 Å². The topological polar surface area (TPSA) is 72.3 Å². The van der Waals surface area contributed by atoms with Gasteiger partial charge in [-0.1, -0.05) is 54.7 Å². The average molecular weight is 475 g/mol. The lowest BCUT2D eigenvalue weighted by Crippen LogP contribution is -2.48. The molecule has 0 fully saturated rings. The van der Waals surface area contributed by atoms with Crippen molar-refractivity contribution in [2.75, 3.05) is 18.6 Å². The molecular formula is C22H20F3N5O2S. The number of amides is 1. The fourth-order valence-electron chi connectivity index (χ4n) is 3.46. The molecule has 0 aliphatic carbocycles. The van der Waals surface area contributed by atoms with Crippen LogP contribution in [0.4, 0.5) is 18.9 Å². The van der Waals surface area contributed by atoms with E-state index in [2.05, 4.69) is 15.4 Å². The predicted octanol–water partition coefficient (Wildman–Crippen LogP) is 3.39. The summed E-state index contributed by atoms with van der Waals surface area (Å²) in [5, 5.41) is 6.53. The molecule has 3 aromatic rings. The lowest BCUT2D eigenvalue weighted by molar-refractivity contribution is -0.143. The maximum absolute atomic E-state index is 13.1. The molecule has 33 heavy (non-hydrogen) atoms. The first-order valence-corrected chi connectivity index (χ1v) is 10.5. The van der Waals surface area contributed by atoms with E-state index in [1.165, 1.54) is 0 Å². The first-order chi connectivity index (χ1) is 15.7. The number of hydrogen-bond acceptors (Lipinski definition) is 5. The lowest BCUT2D eigenvalue weighted by Gasteiger charge is -2.23. The minimum Gasteiger partial charge on any atom is -0.489 e. The number of hydrogen-bond donors (Lipinski definition) is 1. The van der Waals surface area contributed by atoms with Crippen molar-refractivity contribution in [2.24, 2.45) is 0 Å². The van der Waals surface area contributed by atoms with Crippen LogP contribution in [0.3, 0.4) is 0 Å². The van der Waals surface area contributed by atoms with Gasteiger partial charge in [0.25, 0.3) is 5.91 Å². The summed E-state index contributed by atoms with van der Waals surface area (Å²) in [6, 6.07) is 15.5. The number of nitrogens with one attached hydrogen (secondary N) is 1. The van der Waals surface area contributed by atoms with Crippen molar-refractivity contribution in [3.8, 4) is 5.75 Å². The van der Waals surface area contributed by atoms with Crippen LogP contribution in [0.5, 0.6) is 5.75 Å². The van der Waals surface area contributed by atoms with Gasteiger partial charge in [0.05, 0.1) is 5.69 Å². The second kappa shape index (κ2) is 9.18. The Labute approximate surface area is 193 Å². The highest BCUT2D eigenvalue weighted by molar-refractivity contribution is 7.80. The number of carbonyl (C=O) groups is 1. The predicted molar refractivity (Wildman–Crippen MR) is 120 cm³/mol. The minimum absolute atomic E-state index is 0.0351. The summed E-state index contributed by atoms with van der Waals surface area (Å²) in [5.74, 6) is -0.456. The molecule has 0 bridgehead atoms. The number of thiocarbonyl (C=S) groups is 1. The number of carbonyl (C=O) groups excluding carboxylic acids is 1. The van der Waals surface area contributed by atoms with Crippen molar-refractivity contribution < 1.29 is 22.7 Å². The molecule has 1 amide bonds. The number of para-hydroxylation sites is 2. The summed E-state index contributed by atoms with van der Waals surface area (Å²) in [5.41, 5.74) is 1.50. The highest BCUT2D eigenvalue weighted by Gasteiger charge is 2.32. The third-order valence-electron chi connectivity index (χ3n) is 5.05. The molecule has 1 aliphatic heterocycles. The van der Waals surface area contributed by atoms with E-state index < -0.39 is 24.7 Å². The Hall–Kier alpha value is -3.47. The third kappa shape index (κ3) is 5.30. The van der Waals surface area contributed by atoms with Crippen LogP contribution in [0.15, 0.2) is 54.6 Å². The number of aromatic nitrogens is 3. The summed E-state index contributed by atoms with van der Waals surface area (Å²) in [6.07, 6.45) is -4.42. The van der Waals surface area contributed by atoms with Gasteiger partial charge in [0.1, 0.15) is 35.8 Å². The number of rotatable bonds is 5. The van der Waals surface area contributed by atoms with Crippen molar-refractivity contribution in [2.45, 2.75) is 25.2 Å². The van der Waals surface area contributed by atoms with Gasteiger partial charge in [-0.15, -0.1) is 5.10 Å². The van der Waals surface area contributed by atoms with Crippen LogP contribution < -0.4 is 15.0 Å². The second-order valence-electron chi connectivity index (χ2n) is 7.49. The number of alkyl halides is 3. The van der Waals surface area contributed by atoms with E-state index in [1.807, 2.05) is 18.2 Å². The quantitative estimate of drug-likeness (QED) is 0.571. The molecule has 4 rings (SSSR count). The zero-order valence-electron chi connectivity index (χ0n) is 17.5. The number of fused-ring (bicyclic) bond motifs is 1. The number of ether oxygens (including phenoxy) is 1. The fraction of sp³-hybridized carbons (Fsp3) is 0.273. The molecule has 1 aliphatic rings. The van der Waals surface area contributed by atoms with Crippen molar-refractivity contribution in [3.63, 3.8) is 0 Å². The van der Waals surface area contributed by atoms with Gasteiger partial charge < -0.3 is 15.0 Å². The molecule has 0 spiro atoms. The SMILES string of the molecule is CN1C(=S)[C@@H](NC(=O)c2nc(Cc3ccccc3)n(CC(F)(F)F)n2)COc2ccccc21.